The number of nitrogens with one attached hydrogen (secondary N) is 1. The highest BCUT2D eigenvalue weighted by molar-refractivity contribution is 6.45. The van der Waals surface area contributed by atoms with E-state index in [0.717, 1.165) is 25.2 Å². The van der Waals surface area contributed by atoms with Crippen molar-refractivity contribution in [3.05, 3.63) is 5.82 Å². The smallest absolute Gasteiger partial charge is 0.373 e. The number of tetrazole rings is 1. The van der Waals surface area contributed by atoms with E-state index in [0.29, 0.717) is 24.8 Å². The number of aryl methyl sites for hydroxylation is 1. The lowest BCUT2D eigenvalue weighted by Crippen LogP contribution is -2.36. The van der Waals surface area contributed by atoms with Crippen LogP contribution >= 0.6 is 0 Å². The Morgan fingerprint density at radius 2 is 2.25 bits per heavy atom. The first kappa shape index (κ1) is 16.6. The summed E-state index contributed by atoms with van der Waals surface area (Å²) >= 11 is 0. The molecule has 7 nitrogen and oxygen atoms in total. The molecule has 110 valence electrons. The molecular weight excluding hydrogens is 255 g/mol. The summed E-state index contributed by atoms with van der Waals surface area (Å²) in [5.41, 5.74) is 0. The molecule has 0 aliphatic rings. The van der Waals surface area contributed by atoms with E-state index in [4.69, 9.17) is 5.26 Å². The first-order valence-electron chi connectivity index (χ1n) is 7.06. The van der Waals surface area contributed by atoms with Gasteiger partial charge in [-0.15, -0.1) is 5.10 Å². The lowest BCUT2D eigenvalue weighted by Gasteiger charge is -2.19. The van der Waals surface area contributed by atoms with Gasteiger partial charge >= 0.3 is 7.05 Å². The fourth-order valence-electron chi connectivity index (χ4n) is 2.20. The molecule has 0 aliphatic carbocycles. The molecule has 20 heavy (non-hydrogen) atoms. The average molecular weight is 278 g/mol. The van der Waals surface area contributed by atoms with Crippen LogP contribution < -0.4 is 5.23 Å². The minimum atomic E-state index is -0.515. The fourth-order valence-corrected chi connectivity index (χ4v) is 2.20. The third-order valence-electron chi connectivity index (χ3n) is 3.02. The van der Waals surface area contributed by atoms with Crippen LogP contribution in [-0.4, -0.2) is 38.8 Å². The fraction of sp³-hybridized carbons (Fsp3) is 0.833. The van der Waals surface area contributed by atoms with Gasteiger partial charge in [-0.25, -0.2) is 4.68 Å². The van der Waals surface area contributed by atoms with E-state index in [1.165, 1.54) is 0 Å². The molecule has 0 radical (unpaired) electrons. The number of hydrogen-bond acceptors (Lipinski definition) is 6. The molecule has 0 saturated heterocycles. The lowest BCUT2D eigenvalue weighted by molar-refractivity contribution is 0.383. The van der Waals surface area contributed by atoms with Crippen molar-refractivity contribution in [2.75, 3.05) is 6.54 Å². The van der Waals surface area contributed by atoms with Crippen molar-refractivity contribution in [2.24, 2.45) is 11.8 Å². The Hall–Kier alpha value is -1.46. The number of hydrogen-bond donors (Lipinski definition) is 2. The van der Waals surface area contributed by atoms with Crippen molar-refractivity contribution < 1.29 is 5.02 Å². The quantitative estimate of drug-likeness (QED) is 0.638. The Labute approximate surface area is 120 Å². The number of aromatic nitrogens is 4. The molecule has 0 aromatic carbocycles. The van der Waals surface area contributed by atoms with Gasteiger partial charge < -0.3 is 10.3 Å². The molecule has 0 amide bonds. The zero-order valence-corrected chi connectivity index (χ0v) is 12.5. The monoisotopic (exact) mass is 278 g/mol. The largest absolute Gasteiger partial charge is 0.437 e. The van der Waals surface area contributed by atoms with Gasteiger partial charge in [0.05, 0.1) is 19.0 Å². The first-order valence-corrected chi connectivity index (χ1v) is 7.06. The van der Waals surface area contributed by atoms with Gasteiger partial charge in [0, 0.05) is 6.42 Å². The van der Waals surface area contributed by atoms with Crippen LogP contribution in [0.4, 0.5) is 0 Å². The number of nitrogens with zero attached hydrogens (tertiary/aromatic N) is 5. The highest BCUT2D eigenvalue weighted by Crippen LogP contribution is 2.15. The minimum absolute atomic E-state index is 0.358. The summed E-state index contributed by atoms with van der Waals surface area (Å²) in [4.78, 5) is 0. The van der Waals surface area contributed by atoms with Gasteiger partial charge in [-0.05, 0) is 42.1 Å². The van der Waals surface area contributed by atoms with Gasteiger partial charge in [-0.1, -0.05) is 13.8 Å². The minimum Gasteiger partial charge on any atom is -0.437 e. The average Bonchev–Trinajstić information content (AvgIpc) is 2.80. The van der Waals surface area contributed by atoms with E-state index >= 15 is 0 Å². The molecule has 1 atom stereocenters. The summed E-state index contributed by atoms with van der Waals surface area (Å²) in [5, 5.41) is 32.7. The molecule has 8 heteroatoms. The third-order valence-corrected chi connectivity index (χ3v) is 3.02. The molecule has 1 aromatic heterocycles. The van der Waals surface area contributed by atoms with Gasteiger partial charge in [0.15, 0.2) is 5.82 Å². The normalized spacial score (nSPS) is 12.4. The maximum Gasteiger partial charge on any atom is 0.373 e. The van der Waals surface area contributed by atoms with Crippen LogP contribution in [-0.2, 0) is 13.0 Å². The Morgan fingerprint density at radius 3 is 2.85 bits per heavy atom. The maximum atomic E-state index is 9.34. The van der Waals surface area contributed by atoms with Gasteiger partial charge in [0.1, 0.15) is 0 Å². The van der Waals surface area contributed by atoms with E-state index in [1.807, 2.05) is 0 Å². The van der Waals surface area contributed by atoms with Crippen molar-refractivity contribution in [1.29, 1.82) is 5.26 Å². The Bertz CT molecular complexity index is 428. The van der Waals surface area contributed by atoms with E-state index in [1.54, 1.807) is 11.5 Å². The highest BCUT2D eigenvalue weighted by atomic mass is 16.2. The second kappa shape index (κ2) is 8.66. The topological polar surface area (TPSA) is 99.7 Å². The molecule has 0 spiro atoms. The van der Waals surface area contributed by atoms with Crippen molar-refractivity contribution >= 4 is 7.05 Å². The van der Waals surface area contributed by atoms with Gasteiger partial charge in [0.25, 0.3) is 0 Å². The van der Waals surface area contributed by atoms with Crippen molar-refractivity contribution in [3.8, 4) is 6.07 Å². The van der Waals surface area contributed by atoms with E-state index in [-0.39, 0.29) is 0 Å². The molecule has 0 aliphatic heterocycles. The second-order valence-corrected chi connectivity index (χ2v) is 5.51. The van der Waals surface area contributed by atoms with Crippen LogP contribution in [0, 0.1) is 23.2 Å². The standard InChI is InChI=1S/C12H23BN6O/c1-10(2)7-11(9-15-13(3)20)8-12-16-17-18-19(12)6-4-5-14/h10-11,15,20H,4,6-9H2,1-3H3. The summed E-state index contributed by atoms with van der Waals surface area (Å²) in [7, 11) is -0.515. The molecule has 0 bridgehead atoms. The highest BCUT2D eigenvalue weighted by Gasteiger charge is 2.17. The summed E-state index contributed by atoms with van der Waals surface area (Å²) in [6.45, 7) is 7.31. The molecule has 0 saturated carbocycles. The summed E-state index contributed by atoms with van der Waals surface area (Å²) in [6.07, 6.45) is 2.18. The van der Waals surface area contributed by atoms with Crippen LogP contribution in [0.1, 0.15) is 32.5 Å². The zero-order valence-electron chi connectivity index (χ0n) is 12.5. The molecular formula is C12H23BN6O. The SMILES string of the molecule is CB(O)NCC(Cc1nnnn1CCC#N)CC(C)C. The molecule has 1 heterocycles. The number of nitriles is 1. The Kier molecular flexibility index (Phi) is 7.19. The van der Waals surface area contributed by atoms with Crippen LogP contribution in [0.15, 0.2) is 0 Å². The molecule has 1 unspecified atom stereocenters. The van der Waals surface area contributed by atoms with Crippen LogP contribution in [0.5, 0.6) is 0 Å². The molecule has 0 fully saturated rings. The third kappa shape index (κ3) is 6.13. The van der Waals surface area contributed by atoms with Crippen molar-refractivity contribution in [3.63, 3.8) is 0 Å². The lowest BCUT2D eigenvalue weighted by atomic mass is 9.86. The van der Waals surface area contributed by atoms with Crippen LogP contribution in [0.3, 0.4) is 0 Å². The molecule has 1 aromatic rings. The predicted molar refractivity (Wildman–Crippen MR) is 76.5 cm³/mol. The van der Waals surface area contributed by atoms with E-state index < -0.39 is 7.05 Å². The summed E-state index contributed by atoms with van der Waals surface area (Å²) in [5.74, 6) is 1.73. The van der Waals surface area contributed by atoms with Crippen molar-refractivity contribution in [1.82, 2.24) is 25.4 Å². The predicted octanol–water partition coefficient (Wildman–Crippen LogP) is 0.491. The summed E-state index contributed by atoms with van der Waals surface area (Å²) < 4.78 is 1.69. The summed E-state index contributed by atoms with van der Waals surface area (Å²) in [6, 6.07) is 2.10. The number of rotatable bonds is 9. The van der Waals surface area contributed by atoms with Gasteiger partial charge in [-0.3, -0.25) is 0 Å². The van der Waals surface area contributed by atoms with E-state index in [9.17, 15) is 5.02 Å². The zero-order chi connectivity index (χ0) is 15.0. The first-order chi connectivity index (χ1) is 9.52. The Balaban J connectivity index is 2.63. The van der Waals surface area contributed by atoms with Crippen LogP contribution in [0.2, 0.25) is 6.82 Å². The molecule has 2 N–H and O–H groups in total. The second-order valence-electron chi connectivity index (χ2n) is 5.51. The maximum absolute atomic E-state index is 9.34. The molecule has 1 rings (SSSR count). The van der Waals surface area contributed by atoms with Gasteiger partial charge in [-0.2, -0.15) is 5.26 Å². The van der Waals surface area contributed by atoms with Crippen molar-refractivity contribution in [2.45, 2.75) is 46.5 Å². The van der Waals surface area contributed by atoms with Crippen LogP contribution in [0.25, 0.3) is 0 Å². The van der Waals surface area contributed by atoms with E-state index in [2.05, 4.69) is 40.7 Å². The Morgan fingerprint density at radius 1 is 1.50 bits per heavy atom. The van der Waals surface area contributed by atoms with Gasteiger partial charge in [0.2, 0.25) is 0 Å².